The molecule has 1 heterocycles. The zero-order valence-electron chi connectivity index (χ0n) is 16.7. The zero-order valence-corrected chi connectivity index (χ0v) is 19.6. The first-order chi connectivity index (χ1) is 13.8. The molecule has 0 aliphatic carbocycles. The Hall–Kier alpha value is -1.89. The standard InChI is InChI=1S/C19H20F3IN2O4S/c1-5-28-16(26)13-15(30-14(24-13)11-7-6-8-12(23)9-11)25(10-19(20,21)22)17(27)29-18(2,3)4/h6-9H,5,10H2,1-4H3. The second-order valence-corrected chi connectivity index (χ2v) is 9.31. The van der Waals surface area contributed by atoms with Crippen molar-refractivity contribution in [1.29, 1.82) is 0 Å². The minimum atomic E-state index is -4.73. The topological polar surface area (TPSA) is 68.7 Å². The van der Waals surface area contributed by atoms with Gasteiger partial charge in [0.15, 0.2) is 5.69 Å². The number of aromatic nitrogens is 1. The average molecular weight is 556 g/mol. The number of rotatable bonds is 5. The van der Waals surface area contributed by atoms with Crippen LogP contribution in [0.2, 0.25) is 0 Å². The summed E-state index contributed by atoms with van der Waals surface area (Å²) in [6.07, 6.45) is -5.96. The summed E-state index contributed by atoms with van der Waals surface area (Å²) in [5, 5.41) is -0.00353. The molecule has 0 atom stereocenters. The van der Waals surface area contributed by atoms with Gasteiger partial charge in [0.05, 0.1) is 6.61 Å². The number of hydrogen-bond donors (Lipinski definition) is 0. The van der Waals surface area contributed by atoms with Gasteiger partial charge in [-0.2, -0.15) is 13.2 Å². The van der Waals surface area contributed by atoms with Crippen LogP contribution in [-0.2, 0) is 9.47 Å². The number of benzene rings is 1. The van der Waals surface area contributed by atoms with Crippen molar-refractivity contribution >= 4 is 51.0 Å². The van der Waals surface area contributed by atoms with Crippen LogP contribution in [0.3, 0.4) is 0 Å². The van der Waals surface area contributed by atoms with Gasteiger partial charge in [-0.25, -0.2) is 14.6 Å². The number of hydrogen-bond acceptors (Lipinski definition) is 6. The van der Waals surface area contributed by atoms with Crippen molar-refractivity contribution in [2.24, 2.45) is 0 Å². The Morgan fingerprint density at radius 2 is 1.90 bits per heavy atom. The quantitative estimate of drug-likeness (QED) is 0.339. The smallest absolute Gasteiger partial charge is 0.415 e. The van der Waals surface area contributed by atoms with Gasteiger partial charge in [-0.1, -0.05) is 23.5 Å². The van der Waals surface area contributed by atoms with E-state index in [-0.39, 0.29) is 22.3 Å². The van der Waals surface area contributed by atoms with Crippen molar-refractivity contribution in [3.63, 3.8) is 0 Å². The molecule has 1 aromatic heterocycles. The van der Waals surface area contributed by atoms with Crippen molar-refractivity contribution in [3.8, 4) is 10.6 Å². The normalized spacial score (nSPS) is 11.9. The number of thiazole rings is 1. The maximum Gasteiger partial charge on any atom is 0.415 e. The van der Waals surface area contributed by atoms with Gasteiger partial charge in [0.1, 0.15) is 22.2 Å². The summed E-state index contributed by atoms with van der Waals surface area (Å²) in [6.45, 7) is 4.53. The van der Waals surface area contributed by atoms with Gasteiger partial charge in [0.2, 0.25) is 0 Å². The molecule has 0 saturated carbocycles. The molecule has 11 heteroatoms. The van der Waals surface area contributed by atoms with E-state index in [1.54, 1.807) is 25.1 Å². The molecule has 0 N–H and O–H groups in total. The van der Waals surface area contributed by atoms with Gasteiger partial charge in [-0.15, -0.1) is 0 Å². The first-order valence-electron chi connectivity index (χ1n) is 8.82. The van der Waals surface area contributed by atoms with Crippen LogP contribution in [0.4, 0.5) is 23.0 Å². The number of alkyl halides is 3. The van der Waals surface area contributed by atoms with Gasteiger partial charge >= 0.3 is 18.2 Å². The van der Waals surface area contributed by atoms with Crippen molar-refractivity contribution in [2.75, 3.05) is 18.1 Å². The molecule has 0 radical (unpaired) electrons. The molecule has 0 aliphatic heterocycles. The highest BCUT2D eigenvalue weighted by molar-refractivity contribution is 14.1. The number of halogens is 4. The first-order valence-corrected chi connectivity index (χ1v) is 10.7. The van der Waals surface area contributed by atoms with Gasteiger partial charge in [-0.05, 0) is 62.4 Å². The Morgan fingerprint density at radius 3 is 2.43 bits per heavy atom. The molecule has 0 saturated heterocycles. The average Bonchev–Trinajstić information content (AvgIpc) is 3.03. The van der Waals surface area contributed by atoms with Crippen LogP contribution < -0.4 is 4.90 Å². The Morgan fingerprint density at radius 1 is 1.23 bits per heavy atom. The highest BCUT2D eigenvalue weighted by Gasteiger charge is 2.39. The van der Waals surface area contributed by atoms with Crippen LogP contribution in [-0.4, -0.2) is 42.0 Å². The monoisotopic (exact) mass is 556 g/mol. The minimum absolute atomic E-state index is 0.0000766. The summed E-state index contributed by atoms with van der Waals surface area (Å²) in [4.78, 5) is 29.6. The number of esters is 1. The SMILES string of the molecule is CCOC(=O)c1nc(-c2cccc(I)c2)sc1N(CC(F)(F)F)C(=O)OC(C)(C)C. The fraction of sp³-hybridized carbons (Fsp3) is 0.421. The Kier molecular flexibility index (Phi) is 7.72. The predicted octanol–water partition coefficient (Wildman–Crippen LogP) is 5.90. The fourth-order valence-electron chi connectivity index (χ4n) is 2.29. The number of anilines is 1. The third-order valence-electron chi connectivity index (χ3n) is 3.35. The fourth-order valence-corrected chi connectivity index (χ4v) is 3.87. The molecule has 0 unspecified atom stereocenters. The van der Waals surface area contributed by atoms with E-state index in [1.807, 2.05) is 6.07 Å². The number of amides is 1. The second-order valence-electron chi connectivity index (χ2n) is 7.09. The number of ether oxygens (including phenoxy) is 2. The molecule has 0 spiro atoms. The van der Waals surface area contributed by atoms with Crippen LogP contribution in [0.25, 0.3) is 10.6 Å². The van der Waals surface area contributed by atoms with E-state index in [1.165, 1.54) is 20.8 Å². The van der Waals surface area contributed by atoms with Crippen molar-refractivity contribution < 1.29 is 32.2 Å². The van der Waals surface area contributed by atoms with Crippen molar-refractivity contribution in [1.82, 2.24) is 4.98 Å². The number of carbonyl (C=O) groups is 2. The van der Waals surface area contributed by atoms with Gasteiger partial charge in [0.25, 0.3) is 0 Å². The molecule has 6 nitrogen and oxygen atoms in total. The van der Waals surface area contributed by atoms with E-state index in [2.05, 4.69) is 27.6 Å². The van der Waals surface area contributed by atoms with Crippen molar-refractivity contribution in [3.05, 3.63) is 33.5 Å². The van der Waals surface area contributed by atoms with E-state index in [0.29, 0.717) is 10.5 Å². The molecular formula is C19H20F3IN2O4S. The predicted molar refractivity (Wildman–Crippen MR) is 116 cm³/mol. The Labute approximate surface area is 189 Å². The number of carbonyl (C=O) groups excluding carboxylic acids is 2. The first kappa shape index (κ1) is 24.4. The maximum atomic E-state index is 13.3. The van der Waals surface area contributed by atoms with Gasteiger partial charge in [0, 0.05) is 9.13 Å². The lowest BCUT2D eigenvalue weighted by molar-refractivity contribution is -0.119. The maximum absolute atomic E-state index is 13.3. The van der Waals surface area contributed by atoms with Gasteiger partial charge in [-0.3, -0.25) is 4.90 Å². The summed E-state index contributed by atoms with van der Waals surface area (Å²) >= 11 is 2.87. The lowest BCUT2D eigenvalue weighted by atomic mass is 10.2. The highest BCUT2D eigenvalue weighted by Crippen LogP contribution is 2.37. The van der Waals surface area contributed by atoms with Crippen LogP contribution in [0.5, 0.6) is 0 Å². The molecular weight excluding hydrogens is 536 g/mol. The third kappa shape index (κ3) is 6.83. The summed E-state index contributed by atoms with van der Waals surface area (Å²) < 4.78 is 50.8. The highest BCUT2D eigenvalue weighted by atomic mass is 127. The minimum Gasteiger partial charge on any atom is -0.461 e. The van der Waals surface area contributed by atoms with Crippen LogP contribution in [0, 0.1) is 3.57 Å². The van der Waals surface area contributed by atoms with Crippen molar-refractivity contribution in [2.45, 2.75) is 39.5 Å². The third-order valence-corrected chi connectivity index (χ3v) is 5.14. The summed E-state index contributed by atoms with van der Waals surface area (Å²) in [5.41, 5.74) is -0.806. The summed E-state index contributed by atoms with van der Waals surface area (Å²) in [5.74, 6) is -0.920. The Bertz CT molecular complexity index is 925. The lowest BCUT2D eigenvalue weighted by Crippen LogP contribution is -2.42. The largest absolute Gasteiger partial charge is 0.461 e. The molecule has 0 fully saturated rings. The van der Waals surface area contributed by atoms with Gasteiger partial charge < -0.3 is 9.47 Å². The van der Waals surface area contributed by atoms with E-state index in [4.69, 9.17) is 9.47 Å². The molecule has 1 amide bonds. The van der Waals surface area contributed by atoms with E-state index in [0.717, 1.165) is 14.9 Å². The van der Waals surface area contributed by atoms with E-state index >= 15 is 0 Å². The molecule has 1 aromatic carbocycles. The lowest BCUT2D eigenvalue weighted by Gasteiger charge is -2.27. The van der Waals surface area contributed by atoms with Crippen LogP contribution in [0.1, 0.15) is 38.2 Å². The molecule has 2 rings (SSSR count). The summed E-state index contributed by atoms with van der Waals surface area (Å²) in [6, 6.07) is 7.06. The van der Waals surface area contributed by atoms with Crippen LogP contribution >= 0.6 is 33.9 Å². The molecule has 0 aliphatic rings. The van der Waals surface area contributed by atoms with Crippen LogP contribution in [0.15, 0.2) is 24.3 Å². The molecule has 0 bridgehead atoms. The molecule has 2 aromatic rings. The number of nitrogens with zero attached hydrogens (tertiary/aromatic N) is 2. The molecule has 164 valence electrons. The van der Waals surface area contributed by atoms with E-state index in [9.17, 15) is 22.8 Å². The zero-order chi connectivity index (χ0) is 22.7. The van der Waals surface area contributed by atoms with E-state index < -0.39 is 30.4 Å². The second kappa shape index (κ2) is 9.50. The Balaban J connectivity index is 2.61. The molecule has 30 heavy (non-hydrogen) atoms. The summed E-state index contributed by atoms with van der Waals surface area (Å²) in [7, 11) is 0.